The van der Waals surface area contributed by atoms with Crippen molar-refractivity contribution in [2.75, 3.05) is 16.5 Å². The Morgan fingerprint density at radius 1 is 0.500 bits per heavy atom. The highest BCUT2D eigenvalue weighted by molar-refractivity contribution is 6.11. The number of ether oxygens (including phenoxy) is 1. The molecule has 2 aromatic heterocycles. The summed E-state index contributed by atoms with van der Waals surface area (Å²) in [4.78, 5) is 9.57. The van der Waals surface area contributed by atoms with Gasteiger partial charge in [0.1, 0.15) is 17.3 Å². The van der Waals surface area contributed by atoms with Gasteiger partial charge in [0.15, 0.2) is 0 Å². The monoisotopic (exact) mass is 786 g/mol. The summed E-state index contributed by atoms with van der Waals surface area (Å²) in [6.45, 7) is 18.9. The summed E-state index contributed by atoms with van der Waals surface area (Å²) in [6.07, 6.45) is 6.29. The van der Waals surface area contributed by atoms with Gasteiger partial charge in [-0.15, -0.1) is 0 Å². The van der Waals surface area contributed by atoms with Crippen LogP contribution in [0.4, 0.5) is 11.4 Å². The molecular formula is C55H54N4O. The van der Waals surface area contributed by atoms with Gasteiger partial charge >= 0.3 is 0 Å². The van der Waals surface area contributed by atoms with Gasteiger partial charge < -0.3 is 14.5 Å². The van der Waals surface area contributed by atoms with Crippen LogP contribution >= 0.6 is 0 Å². The molecule has 5 heteroatoms. The summed E-state index contributed by atoms with van der Waals surface area (Å²) in [5.41, 5.74) is 11.4. The predicted octanol–water partition coefficient (Wildman–Crippen LogP) is 14.3. The Bertz CT molecular complexity index is 2870. The van der Waals surface area contributed by atoms with E-state index in [0.29, 0.717) is 6.67 Å². The molecule has 0 saturated heterocycles. The molecular weight excluding hydrogens is 733 g/mol. The largest absolute Gasteiger partial charge is 0.457 e. The van der Waals surface area contributed by atoms with Crippen LogP contribution in [0.25, 0.3) is 38.8 Å². The Labute approximate surface area is 355 Å². The molecule has 0 atom stereocenters. The zero-order chi connectivity index (χ0) is 41.8. The van der Waals surface area contributed by atoms with E-state index in [9.17, 15) is 0 Å². The molecule has 0 radical (unpaired) electrons. The first kappa shape index (κ1) is 38.9. The molecule has 0 unspecified atom stereocenters. The molecule has 0 aliphatic carbocycles. The number of aromatic nitrogens is 2. The maximum atomic E-state index is 7.06. The molecule has 0 bridgehead atoms. The fourth-order valence-corrected chi connectivity index (χ4v) is 8.57. The van der Waals surface area contributed by atoms with E-state index in [4.69, 9.17) is 9.72 Å². The van der Waals surface area contributed by atoms with Crippen molar-refractivity contribution in [2.45, 2.75) is 71.6 Å². The third-order valence-electron chi connectivity index (χ3n) is 12.1. The van der Waals surface area contributed by atoms with Gasteiger partial charge in [-0.2, -0.15) is 0 Å². The zero-order valence-corrected chi connectivity index (χ0v) is 36.1. The number of pyridine rings is 1. The molecule has 60 heavy (non-hydrogen) atoms. The molecule has 300 valence electrons. The Kier molecular flexibility index (Phi) is 9.66. The average molecular weight is 787 g/mol. The lowest BCUT2D eigenvalue weighted by Crippen LogP contribution is -2.25. The van der Waals surface area contributed by atoms with Crippen LogP contribution in [0.15, 0.2) is 170 Å². The van der Waals surface area contributed by atoms with E-state index in [2.05, 4.69) is 234 Å². The van der Waals surface area contributed by atoms with Crippen LogP contribution in [-0.4, -0.2) is 16.2 Å². The summed E-state index contributed by atoms with van der Waals surface area (Å²) in [5, 5.41) is 2.44. The number of hydrogen-bond acceptors (Lipinski definition) is 4. The standard InChI is InChI=1S/C55H54N4O/c1-53(2,3)41-26-27-56-51(33-41)59-49-25-16-15-24-47(49)52-48(54(4,5)6)35-46(36-50(52)59)60-45-31-39(38-18-11-9-12-19-38)30-44(34-45)58-29-28-57(37-58)43-23-17-22-42(32-43)55(7,8)40-20-13-10-14-21-40/h9-36H,37H2,1-8H3. The van der Waals surface area contributed by atoms with Crippen molar-refractivity contribution < 1.29 is 4.74 Å². The Morgan fingerprint density at radius 3 is 1.90 bits per heavy atom. The van der Waals surface area contributed by atoms with Crippen LogP contribution in [0.3, 0.4) is 0 Å². The van der Waals surface area contributed by atoms with Crippen molar-refractivity contribution in [3.05, 3.63) is 193 Å². The minimum Gasteiger partial charge on any atom is -0.457 e. The number of nitrogens with zero attached hydrogens (tertiary/aromatic N) is 4. The summed E-state index contributed by atoms with van der Waals surface area (Å²) in [5.74, 6) is 2.47. The van der Waals surface area contributed by atoms with Gasteiger partial charge in [-0.05, 0) is 92.7 Å². The fraction of sp³-hybridized carbons (Fsp3) is 0.218. The Morgan fingerprint density at radius 2 is 1.17 bits per heavy atom. The first-order valence-electron chi connectivity index (χ1n) is 21.0. The molecule has 1 aliphatic heterocycles. The first-order valence-corrected chi connectivity index (χ1v) is 21.0. The van der Waals surface area contributed by atoms with E-state index >= 15 is 0 Å². The van der Waals surface area contributed by atoms with Gasteiger partial charge in [0.2, 0.25) is 0 Å². The summed E-state index contributed by atoms with van der Waals surface area (Å²) < 4.78 is 9.37. The van der Waals surface area contributed by atoms with Gasteiger partial charge in [0, 0.05) is 58.3 Å². The van der Waals surface area contributed by atoms with Crippen molar-refractivity contribution in [1.82, 2.24) is 9.55 Å². The molecule has 0 fully saturated rings. The minimum atomic E-state index is -0.165. The number of fused-ring (bicyclic) bond motifs is 3. The molecule has 0 saturated carbocycles. The van der Waals surface area contributed by atoms with Gasteiger partial charge in [-0.3, -0.25) is 4.57 Å². The van der Waals surface area contributed by atoms with Gasteiger partial charge in [-0.25, -0.2) is 4.98 Å². The molecule has 0 N–H and O–H groups in total. The number of rotatable bonds is 8. The molecule has 9 rings (SSSR count). The van der Waals surface area contributed by atoms with Crippen LogP contribution in [0.5, 0.6) is 11.5 Å². The van der Waals surface area contributed by atoms with Crippen LogP contribution in [0, 0.1) is 0 Å². The van der Waals surface area contributed by atoms with Crippen molar-refractivity contribution in [1.29, 1.82) is 0 Å². The number of anilines is 2. The summed E-state index contributed by atoms with van der Waals surface area (Å²) >= 11 is 0. The van der Waals surface area contributed by atoms with Crippen LogP contribution < -0.4 is 14.5 Å². The predicted molar refractivity (Wildman–Crippen MR) is 252 cm³/mol. The SMILES string of the molecule is CC(C)(C)c1ccnc(-n2c3ccccc3c3c(C(C)(C)C)cc(Oc4cc(-c5ccccc5)cc(N5C=CN(c6cccc(C(C)(C)c7ccccc7)c6)C5)c4)cc32)c1. The second kappa shape index (κ2) is 14.9. The highest BCUT2D eigenvalue weighted by atomic mass is 16.5. The van der Waals surface area contributed by atoms with Gasteiger partial charge in [0.25, 0.3) is 0 Å². The fourth-order valence-electron chi connectivity index (χ4n) is 8.57. The summed E-state index contributed by atoms with van der Waals surface area (Å²) in [6, 6.07) is 54.4. The van der Waals surface area contributed by atoms with Gasteiger partial charge in [-0.1, -0.05) is 146 Å². The number of hydrogen-bond donors (Lipinski definition) is 0. The lowest BCUT2D eigenvalue weighted by molar-refractivity contribution is 0.480. The van der Waals surface area contributed by atoms with E-state index in [1.54, 1.807) is 0 Å². The van der Waals surface area contributed by atoms with E-state index in [1.807, 2.05) is 6.20 Å². The zero-order valence-electron chi connectivity index (χ0n) is 36.1. The quantitative estimate of drug-likeness (QED) is 0.154. The van der Waals surface area contributed by atoms with Gasteiger partial charge in [0.05, 0.1) is 17.7 Å². The lowest BCUT2D eigenvalue weighted by atomic mass is 9.78. The normalized spacial score (nSPS) is 13.5. The van der Waals surface area contributed by atoms with Crippen LogP contribution in [-0.2, 0) is 16.2 Å². The minimum absolute atomic E-state index is 0.0202. The third kappa shape index (κ3) is 7.34. The van der Waals surface area contributed by atoms with Crippen molar-refractivity contribution >= 4 is 33.2 Å². The van der Waals surface area contributed by atoms with E-state index in [1.165, 1.54) is 33.0 Å². The lowest BCUT2D eigenvalue weighted by Gasteiger charge is -2.28. The smallest absolute Gasteiger partial charge is 0.137 e. The molecule has 3 heterocycles. The molecule has 0 amide bonds. The molecule has 8 aromatic rings. The van der Waals surface area contributed by atoms with Crippen molar-refractivity contribution in [2.24, 2.45) is 0 Å². The van der Waals surface area contributed by atoms with E-state index in [0.717, 1.165) is 50.9 Å². The Balaban J connectivity index is 1.12. The average Bonchev–Trinajstić information content (AvgIpc) is 3.87. The third-order valence-corrected chi connectivity index (χ3v) is 12.1. The Hall–Kier alpha value is -6.59. The highest BCUT2D eigenvalue weighted by Crippen LogP contribution is 2.43. The van der Waals surface area contributed by atoms with E-state index < -0.39 is 0 Å². The van der Waals surface area contributed by atoms with Crippen molar-refractivity contribution in [3.63, 3.8) is 0 Å². The number of benzene rings is 6. The highest BCUT2D eigenvalue weighted by Gasteiger charge is 2.27. The number of para-hydroxylation sites is 1. The maximum Gasteiger partial charge on any atom is 0.137 e. The molecule has 0 spiro atoms. The molecule has 6 aromatic carbocycles. The summed E-state index contributed by atoms with van der Waals surface area (Å²) in [7, 11) is 0. The van der Waals surface area contributed by atoms with Crippen LogP contribution in [0.2, 0.25) is 0 Å². The topological polar surface area (TPSA) is 33.5 Å². The molecule has 5 nitrogen and oxygen atoms in total. The van der Waals surface area contributed by atoms with Crippen LogP contribution in [0.1, 0.15) is 77.6 Å². The first-order chi connectivity index (χ1) is 28.7. The van der Waals surface area contributed by atoms with Crippen molar-refractivity contribution in [3.8, 4) is 28.4 Å². The second-order valence-electron chi connectivity index (χ2n) is 18.7. The van der Waals surface area contributed by atoms with E-state index in [-0.39, 0.29) is 16.2 Å². The molecule has 1 aliphatic rings. The maximum absolute atomic E-state index is 7.06. The second-order valence-corrected chi connectivity index (χ2v) is 18.7.